The molecule has 2 heterocycles. The molecule has 1 N–H and O–H groups in total. The molecule has 0 saturated carbocycles. The fourth-order valence-electron chi connectivity index (χ4n) is 3.73. The van der Waals surface area contributed by atoms with Crippen LogP contribution in [-0.2, 0) is 19.7 Å². The van der Waals surface area contributed by atoms with Crippen molar-refractivity contribution in [3.05, 3.63) is 34.3 Å². The maximum absolute atomic E-state index is 13.4. The summed E-state index contributed by atoms with van der Waals surface area (Å²) in [6.45, 7) is 3.59. The first-order valence-electron chi connectivity index (χ1n) is 8.24. The Balaban J connectivity index is 1.91. The summed E-state index contributed by atoms with van der Waals surface area (Å²) in [5.41, 5.74) is -0.465. The van der Waals surface area contributed by atoms with E-state index in [-0.39, 0.29) is 12.5 Å². The van der Waals surface area contributed by atoms with Gasteiger partial charge < -0.3 is 14.7 Å². The Morgan fingerprint density at radius 1 is 1.17 bits per heavy atom. The molecule has 1 amide bonds. The number of likely N-dealkylation sites (tertiary alicyclic amines) is 1. The number of ether oxygens (including phenoxy) is 1. The van der Waals surface area contributed by atoms with Crippen molar-refractivity contribution < 1.29 is 19.4 Å². The van der Waals surface area contributed by atoms with Crippen LogP contribution < -0.4 is 0 Å². The SMILES string of the molecule is CC1(C(=O)O)CCN(C(=O)C2(c3ccc(Br)cc3)CCOCC2)C1. The molecule has 1 unspecified atom stereocenters. The van der Waals surface area contributed by atoms with Crippen molar-refractivity contribution in [3.8, 4) is 0 Å². The second-order valence-electron chi connectivity index (χ2n) is 7.04. The molecule has 5 nitrogen and oxygen atoms in total. The maximum atomic E-state index is 13.4. The molecule has 0 aliphatic carbocycles. The van der Waals surface area contributed by atoms with Gasteiger partial charge in [0, 0.05) is 30.8 Å². The number of carbonyl (C=O) groups excluding carboxylic acids is 1. The summed E-state index contributed by atoms with van der Waals surface area (Å²) in [6, 6.07) is 7.87. The van der Waals surface area contributed by atoms with Gasteiger partial charge in [-0.1, -0.05) is 28.1 Å². The molecular formula is C18H22BrNO4. The predicted molar refractivity (Wildman–Crippen MR) is 92.8 cm³/mol. The van der Waals surface area contributed by atoms with Crippen LogP contribution in [0.5, 0.6) is 0 Å². The average Bonchev–Trinajstić information content (AvgIpc) is 2.99. The number of amides is 1. The minimum absolute atomic E-state index is 0.0399. The van der Waals surface area contributed by atoms with Crippen LogP contribution in [0.4, 0.5) is 0 Å². The summed E-state index contributed by atoms with van der Waals surface area (Å²) >= 11 is 3.44. The van der Waals surface area contributed by atoms with E-state index in [4.69, 9.17) is 4.74 Å². The summed E-state index contributed by atoms with van der Waals surface area (Å²) < 4.78 is 6.46. The molecule has 1 aromatic rings. The zero-order chi connectivity index (χ0) is 17.4. The number of carboxylic acids is 1. The van der Waals surface area contributed by atoms with E-state index in [9.17, 15) is 14.7 Å². The first kappa shape index (κ1) is 17.4. The van der Waals surface area contributed by atoms with Gasteiger partial charge in [-0.25, -0.2) is 0 Å². The summed E-state index contributed by atoms with van der Waals surface area (Å²) in [5.74, 6) is -0.791. The number of carbonyl (C=O) groups is 2. The van der Waals surface area contributed by atoms with Gasteiger partial charge in [0.2, 0.25) is 5.91 Å². The Kier molecular flexibility index (Phi) is 4.71. The lowest BCUT2D eigenvalue weighted by atomic mass is 9.73. The van der Waals surface area contributed by atoms with Crippen LogP contribution in [0.3, 0.4) is 0 Å². The van der Waals surface area contributed by atoms with Gasteiger partial charge >= 0.3 is 5.97 Å². The molecular weight excluding hydrogens is 374 g/mol. The third-order valence-electron chi connectivity index (χ3n) is 5.43. The monoisotopic (exact) mass is 395 g/mol. The van der Waals surface area contributed by atoms with E-state index in [1.54, 1.807) is 11.8 Å². The number of benzene rings is 1. The van der Waals surface area contributed by atoms with E-state index in [0.29, 0.717) is 39.0 Å². The summed E-state index contributed by atoms with van der Waals surface area (Å²) in [5, 5.41) is 9.43. The third kappa shape index (κ3) is 2.97. The fraction of sp³-hybridized carbons (Fsp3) is 0.556. The number of carboxylic acid groups (broad SMARTS) is 1. The van der Waals surface area contributed by atoms with E-state index in [1.165, 1.54) is 0 Å². The summed E-state index contributed by atoms with van der Waals surface area (Å²) in [6.07, 6.45) is 1.77. The van der Waals surface area contributed by atoms with Crippen molar-refractivity contribution in [3.63, 3.8) is 0 Å². The second-order valence-corrected chi connectivity index (χ2v) is 7.96. The Hall–Kier alpha value is -1.40. The molecule has 130 valence electrons. The van der Waals surface area contributed by atoms with Crippen LogP contribution in [0.15, 0.2) is 28.7 Å². The molecule has 1 atom stereocenters. The van der Waals surface area contributed by atoms with Crippen molar-refractivity contribution in [2.45, 2.75) is 31.6 Å². The van der Waals surface area contributed by atoms with Gasteiger partial charge in [0.15, 0.2) is 0 Å². The van der Waals surface area contributed by atoms with Crippen LogP contribution in [0.2, 0.25) is 0 Å². The number of rotatable bonds is 3. The van der Waals surface area contributed by atoms with E-state index < -0.39 is 16.8 Å². The molecule has 2 saturated heterocycles. The van der Waals surface area contributed by atoms with Crippen molar-refractivity contribution in [1.29, 1.82) is 0 Å². The van der Waals surface area contributed by atoms with Gasteiger partial charge in [0.25, 0.3) is 0 Å². The highest BCUT2D eigenvalue weighted by molar-refractivity contribution is 9.10. The number of halogens is 1. The Bertz CT molecular complexity index is 639. The van der Waals surface area contributed by atoms with E-state index in [1.807, 2.05) is 24.3 Å². The second kappa shape index (κ2) is 6.48. The van der Waals surface area contributed by atoms with Crippen LogP contribution in [0, 0.1) is 5.41 Å². The lowest BCUT2D eigenvalue weighted by Gasteiger charge is -2.39. The first-order valence-corrected chi connectivity index (χ1v) is 9.03. The topological polar surface area (TPSA) is 66.8 Å². The third-order valence-corrected chi connectivity index (χ3v) is 5.96. The van der Waals surface area contributed by atoms with Crippen LogP contribution in [0.1, 0.15) is 31.7 Å². The molecule has 2 aliphatic heterocycles. The Morgan fingerprint density at radius 3 is 2.33 bits per heavy atom. The quantitative estimate of drug-likeness (QED) is 0.854. The molecule has 1 aromatic carbocycles. The zero-order valence-electron chi connectivity index (χ0n) is 13.8. The first-order chi connectivity index (χ1) is 11.4. The van der Waals surface area contributed by atoms with E-state index in [0.717, 1.165) is 10.0 Å². The minimum atomic E-state index is -0.846. The largest absolute Gasteiger partial charge is 0.481 e. The number of nitrogens with zero attached hydrogens (tertiary/aromatic N) is 1. The van der Waals surface area contributed by atoms with Gasteiger partial charge in [-0.15, -0.1) is 0 Å². The highest BCUT2D eigenvalue weighted by atomic mass is 79.9. The zero-order valence-corrected chi connectivity index (χ0v) is 15.3. The lowest BCUT2D eigenvalue weighted by Crippen LogP contribution is -2.50. The molecule has 0 aromatic heterocycles. The van der Waals surface area contributed by atoms with Gasteiger partial charge in [-0.2, -0.15) is 0 Å². The van der Waals surface area contributed by atoms with E-state index >= 15 is 0 Å². The van der Waals surface area contributed by atoms with Crippen molar-refractivity contribution in [1.82, 2.24) is 4.90 Å². The van der Waals surface area contributed by atoms with Gasteiger partial charge in [-0.05, 0) is 43.9 Å². The summed E-state index contributed by atoms with van der Waals surface area (Å²) in [7, 11) is 0. The maximum Gasteiger partial charge on any atom is 0.311 e. The minimum Gasteiger partial charge on any atom is -0.481 e. The lowest BCUT2D eigenvalue weighted by molar-refractivity contribution is -0.148. The Labute approximate surface area is 150 Å². The highest BCUT2D eigenvalue weighted by Crippen LogP contribution is 2.40. The number of hydrogen-bond donors (Lipinski definition) is 1. The normalized spacial score (nSPS) is 26.3. The smallest absolute Gasteiger partial charge is 0.311 e. The molecule has 6 heteroatoms. The predicted octanol–water partition coefficient (Wildman–Crippen LogP) is 2.82. The van der Waals surface area contributed by atoms with Crippen molar-refractivity contribution in [2.75, 3.05) is 26.3 Å². The molecule has 2 fully saturated rings. The van der Waals surface area contributed by atoms with Crippen molar-refractivity contribution >= 4 is 27.8 Å². The van der Waals surface area contributed by atoms with Gasteiger partial charge in [-0.3, -0.25) is 9.59 Å². The summed E-state index contributed by atoms with van der Waals surface area (Å²) in [4.78, 5) is 26.6. The number of aliphatic carboxylic acids is 1. The molecule has 0 spiro atoms. The van der Waals surface area contributed by atoms with Crippen LogP contribution in [0.25, 0.3) is 0 Å². The van der Waals surface area contributed by atoms with Gasteiger partial charge in [0.1, 0.15) is 0 Å². The number of hydrogen-bond acceptors (Lipinski definition) is 3. The highest BCUT2D eigenvalue weighted by Gasteiger charge is 2.49. The van der Waals surface area contributed by atoms with Crippen molar-refractivity contribution in [2.24, 2.45) is 5.41 Å². The standard InChI is InChI=1S/C18H22BrNO4/c1-17(16(22)23)6-9-20(12-17)15(21)18(7-10-24-11-8-18)13-2-4-14(19)5-3-13/h2-5H,6-12H2,1H3,(H,22,23). The van der Waals surface area contributed by atoms with Gasteiger partial charge in [0.05, 0.1) is 10.8 Å². The Morgan fingerprint density at radius 2 is 1.79 bits per heavy atom. The molecule has 24 heavy (non-hydrogen) atoms. The molecule has 3 rings (SSSR count). The molecule has 0 bridgehead atoms. The molecule has 2 aliphatic rings. The van der Waals surface area contributed by atoms with Crippen LogP contribution >= 0.6 is 15.9 Å². The fourth-order valence-corrected chi connectivity index (χ4v) is 3.99. The van der Waals surface area contributed by atoms with E-state index in [2.05, 4.69) is 15.9 Å². The molecule has 0 radical (unpaired) electrons. The average molecular weight is 396 g/mol. The van der Waals surface area contributed by atoms with Crippen LogP contribution in [-0.4, -0.2) is 48.2 Å².